The van der Waals surface area contributed by atoms with Gasteiger partial charge in [-0.1, -0.05) is 0 Å². The summed E-state index contributed by atoms with van der Waals surface area (Å²) in [6.45, 7) is 1.92. The van der Waals surface area contributed by atoms with Gasteiger partial charge < -0.3 is 0 Å². The molecule has 0 aromatic carbocycles. The van der Waals surface area contributed by atoms with Gasteiger partial charge in [0.15, 0.2) is 0 Å². The van der Waals surface area contributed by atoms with Gasteiger partial charge in [-0.15, -0.1) is 0 Å². The summed E-state index contributed by atoms with van der Waals surface area (Å²) in [5.74, 6) is 0. The lowest BCUT2D eigenvalue weighted by Gasteiger charge is -2.03. The highest BCUT2D eigenvalue weighted by Crippen LogP contribution is 2.26. The van der Waals surface area contributed by atoms with Gasteiger partial charge in [-0.25, -0.2) is 9.97 Å². The van der Waals surface area contributed by atoms with E-state index < -0.39 is 4.92 Å². The van der Waals surface area contributed by atoms with Crippen molar-refractivity contribution in [3.8, 4) is 11.4 Å². The van der Waals surface area contributed by atoms with E-state index in [0.29, 0.717) is 20.6 Å². The zero-order chi connectivity index (χ0) is 13.3. The Bertz CT molecular complexity index is 611. The van der Waals surface area contributed by atoms with E-state index in [9.17, 15) is 10.1 Å². The Kier molecular flexibility index (Phi) is 3.72. The molecule has 0 N–H and O–H groups in total. The van der Waals surface area contributed by atoms with E-state index in [1.165, 1.54) is 12.1 Å². The average molecular weight is 373 g/mol. The maximum Gasteiger partial charge on any atom is 0.274 e. The largest absolute Gasteiger partial charge is 0.274 e. The Labute approximate surface area is 120 Å². The fraction of sp³-hybridized carbons (Fsp3) is 0.0909. The number of aromatic nitrogens is 2. The molecule has 0 saturated heterocycles. The highest BCUT2D eigenvalue weighted by Gasteiger charge is 2.12. The van der Waals surface area contributed by atoms with Crippen molar-refractivity contribution in [1.29, 1.82) is 0 Å². The van der Waals surface area contributed by atoms with Crippen molar-refractivity contribution in [2.24, 2.45) is 0 Å². The van der Waals surface area contributed by atoms with Crippen LogP contribution in [0, 0.1) is 17.0 Å². The molecule has 0 aliphatic rings. The molecule has 18 heavy (non-hydrogen) atoms. The number of halogens is 2. The van der Waals surface area contributed by atoms with Crippen LogP contribution >= 0.6 is 31.9 Å². The minimum atomic E-state index is -0.458. The van der Waals surface area contributed by atoms with Gasteiger partial charge in [-0.3, -0.25) is 10.1 Å². The van der Waals surface area contributed by atoms with Crippen molar-refractivity contribution in [1.82, 2.24) is 9.97 Å². The predicted molar refractivity (Wildman–Crippen MR) is 74.3 cm³/mol. The lowest BCUT2D eigenvalue weighted by Crippen LogP contribution is -1.94. The Balaban J connectivity index is 2.59. The fourth-order valence-electron chi connectivity index (χ4n) is 1.48. The Morgan fingerprint density at radius 3 is 2.17 bits per heavy atom. The maximum atomic E-state index is 10.8. The molecule has 0 unspecified atom stereocenters. The summed E-state index contributed by atoms with van der Waals surface area (Å²) in [7, 11) is 0. The van der Waals surface area contributed by atoms with Gasteiger partial charge in [0.1, 0.15) is 9.21 Å². The first-order chi connectivity index (χ1) is 8.45. The first-order valence-electron chi connectivity index (χ1n) is 4.92. The topological polar surface area (TPSA) is 68.9 Å². The van der Waals surface area contributed by atoms with Crippen LogP contribution in [0.5, 0.6) is 0 Å². The molecular weight excluding hydrogens is 366 g/mol. The minimum absolute atomic E-state index is 0.0219. The second-order valence-electron chi connectivity index (χ2n) is 3.64. The molecule has 0 atom stereocenters. The zero-order valence-corrected chi connectivity index (χ0v) is 12.4. The van der Waals surface area contributed by atoms with Crippen molar-refractivity contribution >= 4 is 37.5 Å². The van der Waals surface area contributed by atoms with E-state index in [-0.39, 0.29) is 5.69 Å². The van der Waals surface area contributed by atoms with Crippen molar-refractivity contribution in [2.45, 2.75) is 6.92 Å². The average Bonchev–Trinajstić information content (AvgIpc) is 2.26. The molecule has 7 heteroatoms. The van der Waals surface area contributed by atoms with Gasteiger partial charge in [0, 0.05) is 12.1 Å². The monoisotopic (exact) mass is 371 g/mol. The van der Waals surface area contributed by atoms with Crippen LogP contribution in [-0.4, -0.2) is 14.9 Å². The standard InChI is InChI=1S/C11H7Br2N3O2/c1-6-2-8(14-10(12)3-6)9-4-7(16(17)18)5-11(13)15-9/h2-5H,1H3. The molecule has 92 valence electrons. The summed E-state index contributed by atoms with van der Waals surface area (Å²) in [5.41, 5.74) is 2.02. The molecule has 2 aromatic rings. The van der Waals surface area contributed by atoms with Crippen molar-refractivity contribution in [3.63, 3.8) is 0 Å². The number of aryl methyl sites for hydroxylation is 1. The summed E-state index contributed by atoms with van der Waals surface area (Å²) in [6.07, 6.45) is 0. The van der Waals surface area contributed by atoms with Crippen LogP contribution in [0.4, 0.5) is 5.69 Å². The minimum Gasteiger partial charge on any atom is -0.258 e. The molecule has 0 amide bonds. The van der Waals surface area contributed by atoms with Crippen LogP contribution in [0.2, 0.25) is 0 Å². The molecular formula is C11H7Br2N3O2. The lowest BCUT2D eigenvalue weighted by molar-refractivity contribution is -0.384. The Morgan fingerprint density at radius 1 is 1.06 bits per heavy atom. The number of hydrogen-bond acceptors (Lipinski definition) is 4. The third kappa shape index (κ3) is 2.91. The van der Waals surface area contributed by atoms with E-state index >= 15 is 0 Å². The molecule has 2 heterocycles. The van der Waals surface area contributed by atoms with Gasteiger partial charge in [-0.2, -0.15) is 0 Å². The smallest absolute Gasteiger partial charge is 0.258 e. The van der Waals surface area contributed by atoms with Gasteiger partial charge in [0.05, 0.1) is 16.3 Å². The van der Waals surface area contributed by atoms with Crippen LogP contribution in [-0.2, 0) is 0 Å². The third-order valence-corrected chi connectivity index (χ3v) is 3.00. The van der Waals surface area contributed by atoms with Crippen LogP contribution < -0.4 is 0 Å². The number of pyridine rings is 2. The number of nitrogens with zero attached hydrogens (tertiary/aromatic N) is 3. The fourth-order valence-corrected chi connectivity index (χ4v) is 2.45. The summed E-state index contributed by atoms with van der Waals surface area (Å²) < 4.78 is 1.08. The third-order valence-electron chi connectivity index (χ3n) is 2.19. The first kappa shape index (κ1) is 13.1. The van der Waals surface area contributed by atoms with Gasteiger partial charge in [0.2, 0.25) is 0 Å². The number of rotatable bonds is 2. The van der Waals surface area contributed by atoms with E-state index in [0.717, 1.165) is 5.56 Å². The molecule has 2 aromatic heterocycles. The predicted octanol–water partition coefficient (Wildman–Crippen LogP) is 3.89. The SMILES string of the molecule is Cc1cc(Br)nc(-c2cc([N+](=O)[O-])cc(Br)n2)c1. The van der Waals surface area contributed by atoms with E-state index in [4.69, 9.17) is 0 Å². The molecule has 0 spiro atoms. The number of hydrogen-bond donors (Lipinski definition) is 0. The summed E-state index contributed by atoms with van der Waals surface area (Å²) in [4.78, 5) is 18.8. The highest BCUT2D eigenvalue weighted by atomic mass is 79.9. The molecule has 0 radical (unpaired) electrons. The first-order valence-corrected chi connectivity index (χ1v) is 6.51. The highest BCUT2D eigenvalue weighted by molar-refractivity contribution is 9.10. The zero-order valence-electron chi connectivity index (χ0n) is 9.22. The van der Waals surface area contributed by atoms with Crippen LogP contribution in [0.1, 0.15) is 5.56 Å². The summed E-state index contributed by atoms with van der Waals surface area (Å²) >= 11 is 6.45. The Hall–Kier alpha value is -1.34. The molecule has 0 aliphatic carbocycles. The van der Waals surface area contributed by atoms with Crippen molar-refractivity contribution in [3.05, 3.63) is 49.1 Å². The van der Waals surface area contributed by atoms with Gasteiger partial charge in [-0.05, 0) is 56.5 Å². The van der Waals surface area contributed by atoms with Crippen molar-refractivity contribution < 1.29 is 4.92 Å². The van der Waals surface area contributed by atoms with Crippen molar-refractivity contribution in [2.75, 3.05) is 0 Å². The van der Waals surface area contributed by atoms with Crippen LogP contribution in [0.15, 0.2) is 33.5 Å². The Morgan fingerprint density at radius 2 is 1.61 bits per heavy atom. The summed E-state index contributed by atoms with van der Waals surface area (Å²) in [5, 5.41) is 10.8. The molecule has 0 saturated carbocycles. The normalized spacial score (nSPS) is 10.4. The molecule has 0 fully saturated rings. The van der Waals surface area contributed by atoms with Gasteiger partial charge >= 0.3 is 0 Å². The van der Waals surface area contributed by atoms with E-state index in [1.807, 2.05) is 19.1 Å². The quantitative estimate of drug-likeness (QED) is 0.455. The lowest BCUT2D eigenvalue weighted by atomic mass is 10.2. The second-order valence-corrected chi connectivity index (χ2v) is 5.27. The summed E-state index contributed by atoms with van der Waals surface area (Å²) in [6, 6.07) is 6.44. The van der Waals surface area contributed by atoms with Gasteiger partial charge in [0.25, 0.3) is 5.69 Å². The molecule has 2 rings (SSSR count). The molecule has 0 aliphatic heterocycles. The van der Waals surface area contributed by atoms with E-state index in [2.05, 4.69) is 41.8 Å². The number of nitro groups is 1. The van der Waals surface area contributed by atoms with Crippen LogP contribution in [0.3, 0.4) is 0 Å². The molecule has 5 nitrogen and oxygen atoms in total. The maximum absolute atomic E-state index is 10.8. The van der Waals surface area contributed by atoms with Crippen LogP contribution in [0.25, 0.3) is 11.4 Å². The second kappa shape index (κ2) is 5.11. The van der Waals surface area contributed by atoms with E-state index in [1.54, 1.807) is 0 Å². The molecule has 0 bridgehead atoms.